The number of hydrogen-bond acceptors (Lipinski definition) is 4. The number of benzene rings is 1. The van der Waals surface area contributed by atoms with Crippen molar-refractivity contribution >= 4 is 34.3 Å². The number of amides is 1. The third kappa shape index (κ3) is 3.35. The van der Waals surface area contributed by atoms with Crippen molar-refractivity contribution in [1.29, 1.82) is 5.26 Å². The molecular formula is C22H24N4OS. The molecule has 0 spiro atoms. The van der Waals surface area contributed by atoms with Crippen LogP contribution in [-0.2, 0) is 4.79 Å². The number of aryl methyl sites for hydroxylation is 1. The van der Waals surface area contributed by atoms with Gasteiger partial charge in [-0.05, 0) is 50.5 Å². The van der Waals surface area contributed by atoms with E-state index >= 15 is 0 Å². The second-order valence-electron chi connectivity index (χ2n) is 7.41. The van der Waals surface area contributed by atoms with Gasteiger partial charge in [0.1, 0.15) is 6.07 Å². The zero-order chi connectivity index (χ0) is 19.7. The van der Waals surface area contributed by atoms with Crippen molar-refractivity contribution < 1.29 is 4.79 Å². The molecule has 1 fully saturated rings. The molecule has 1 aliphatic rings. The Labute approximate surface area is 169 Å². The van der Waals surface area contributed by atoms with Crippen molar-refractivity contribution in [3.8, 4) is 6.07 Å². The molecule has 2 aromatic heterocycles. The first-order valence-electron chi connectivity index (χ1n) is 9.86. The summed E-state index contributed by atoms with van der Waals surface area (Å²) in [6.07, 6.45) is 4.61. The van der Waals surface area contributed by atoms with E-state index in [1.807, 2.05) is 53.5 Å². The lowest BCUT2D eigenvalue weighted by Crippen LogP contribution is -2.37. The number of carbonyl (C=O) groups excluding carboxylic acids is 1. The standard InChI is InChI=1S/C22H24N4OS/c1-15-13-20(28-16(2)22(27)25-11-7-3-4-8-12-25)26-19-10-6-5-9-18(19)24-21(26)17(15)14-23/h5-6,9-10,13,16H,3-4,7-8,11-12H2,1-2H3/t16-/m0/s1. The van der Waals surface area contributed by atoms with Crippen molar-refractivity contribution in [3.63, 3.8) is 0 Å². The summed E-state index contributed by atoms with van der Waals surface area (Å²) >= 11 is 1.56. The summed E-state index contributed by atoms with van der Waals surface area (Å²) in [6, 6.07) is 12.2. The smallest absolute Gasteiger partial charge is 0.235 e. The number of nitrogens with zero attached hydrogens (tertiary/aromatic N) is 4. The Hall–Kier alpha value is -2.52. The van der Waals surface area contributed by atoms with E-state index in [2.05, 4.69) is 6.07 Å². The monoisotopic (exact) mass is 392 g/mol. The van der Waals surface area contributed by atoms with Crippen LogP contribution in [0.1, 0.15) is 43.7 Å². The SMILES string of the molecule is Cc1cc(S[C@@H](C)C(=O)N2CCCCCC2)n2c(nc3ccccc32)c1C#N. The number of rotatable bonds is 3. The number of carbonyl (C=O) groups is 1. The molecule has 1 saturated heterocycles. The summed E-state index contributed by atoms with van der Waals surface area (Å²) in [5, 5.41) is 10.4. The summed E-state index contributed by atoms with van der Waals surface area (Å²) < 4.78 is 2.03. The Morgan fingerprint density at radius 3 is 2.64 bits per heavy atom. The van der Waals surface area contributed by atoms with Gasteiger partial charge in [-0.1, -0.05) is 36.7 Å². The maximum Gasteiger partial charge on any atom is 0.235 e. The molecule has 0 unspecified atom stereocenters. The summed E-state index contributed by atoms with van der Waals surface area (Å²) in [7, 11) is 0. The highest BCUT2D eigenvalue weighted by molar-refractivity contribution is 8.00. The second kappa shape index (κ2) is 7.84. The first-order valence-corrected chi connectivity index (χ1v) is 10.7. The Balaban J connectivity index is 1.74. The quantitative estimate of drug-likeness (QED) is 0.614. The Morgan fingerprint density at radius 2 is 1.93 bits per heavy atom. The van der Waals surface area contributed by atoms with Crippen LogP contribution in [0.5, 0.6) is 0 Å². The highest BCUT2D eigenvalue weighted by Gasteiger charge is 2.24. The van der Waals surface area contributed by atoms with Crippen LogP contribution in [0.3, 0.4) is 0 Å². The molecule has 4 rings (SSSR count). The first-order chi connectivity index (χ1) is 13.6. The Kier molecular flexibility index (Phi) is 5.27. The molecule has 3 aromatic rings. The third-order valence-electron chi connectivity index (χ3n) is 5.41. The minimum Gasteiger partial charge on any atom is -0.342 e. The van der Waals surface area contributed by atoms with E-state index in [1.54, 1.807) is 11.8 Å². The summed E-state index contributed by atoms with van der Waals surface area (Å²) in [5.74, 6) is 0.200. The number of para-hydroxylation sites is 2. The minimum atomic E-state index is -0.185. The number of hydrogen-bond donors (Lipinski definition) is 0. The van der Waals surface area contributed by atoms with Crippen molar-refractivity contribution in [3.05, 3.63) is 41.5 Å². The molecule has 3 heterocycles. The van der Waals surface area contributed by atoms with Crippen LogP contribution < -0.4 is 0 Å². The number of pyridine rings is 1. The molecule has 1 aliphatic heterocycles. The summed E-state index contributed by atoms with van der Waals surface area (Å²) in [4.78, 5) is 19.7. The normalized spacial score (nSPS) is 16.1. The third-order valence-corrected chi connectivity index (χ3v) is 6.51. The molecule has 0 saturated carbocycles. The molecule has 1 aromatic carbocycles. The molecule has 144 valence electrons. The topological polar surface area (TPSA) is 61.4 Å². The van der Waals surface area contributed by atoms with Crippen LogP contribution in [-0.4, -0.2) is 38.5 Å². The zero-order valence-corrected chi connectivity index (χ0v) is 17.1. The summed E-state index contributed by atoms with van der Waals surface area (Å²) in [5.41, 5.74) is 3.97. The van der Waals surface area contributed by atoms with Gasteiger partial charge in [0.2, 0.25) is 5.91 Å². The van der Waals surface area contributed by atoms with Crippen molar-refractivity contribution in [1.82, 2.24) is 14.3 Å². The maximum absolute atomic E-state index is 13.0. The number of likely N-dealkylation sites (tertiary alicyclic amines) is 1. The molecule has 0 N–H and O–H groups in total. The molecular weight excluding hydrogens is 368 g/mol. The highest BCUT2D eigenvalue weighted by atomic mass is 32.2. The van der Waals surface area contributed by atoms with E-state index in [1.165, 1.54) is 12.8 Å². The Bertz CT molecular complexity index is 1070. The molecule has 6 heteroatoms. The van der Waals surface area contributed by atoms with Gasteiger partial charge in [0.15, 0.2) is 5.65 Å². The molecule has 28 heavy (non-hydrogen) atoms. The number of fused-ring (bicyclic) bond motifs is 3. The van der Waals surface area contributed by atoms with Crippen molar-refractivity contribution in [2.24, 2.45) is 0 Å². The molecule has 0 radical (unpaired) electrons. The highest BCUT2D eigenvalue weighted by Crippen LogP contribution is 2.32. The molecule has 1 amide bonds. The first kappa shape index (κ1) is 18.8. The fourth-order valence-electron chi connectivity index (χ4n) is 3.92. The van der Waals surface area contributed by atoms with E-state index < -0.39 is 0 Å². The number of imidazole rings is 1. The lowest BCUT2D eigenvalue weighted by atomic mass is 10.2. The van der Waals surface area contributed by atoms with Gasteiger partial charge < -0.3 is 4.90 Å². The van der Waals surface area contributed by atoms with Gasteiger partial charge in [0.25, 0.3) is 0 Å². The number of nitriles is 1. The van der Waals surface area contributed by atoms with Crippen LogP contribution in [0.15, 0.2) is 35.4 Å². The van der Waals surface area contributed by atoms with Crippen molar-refractivity contribution in [2.75, 3.05) is 13.1 Å². The van der Waals surface area contributed by atoms with Gasteiger partial charge in [0.05, 0.1) is 26.9 Å². The van der Waals surface area contributed by atoms with E-state index in [0.717, 1.165) is 47.6 Å². The number of thioether (sulfide) groups is 1. The molecule has 0 bridgehead atoms. The van der Waals surface area contributed by atoms with E-state index in [0.29, 0.717) is 11.2 Å². The predicted molar refractivity (Wildman–Crippen MR) is 113 cm³/mol. The minimum absolute atomic E-state index is 0.185. The van der Waals surface area contributed by atoms with Gasteiger partial charge in [-0.15, -0.1) is 0 Å². The second-order valence-corrected chi connectivity index (χ2v) is 8.77. The van der Waals surface area contributed by atoms with Crippen molar-refractivity contribution in [2.45, 2.75) is 49.8 Å². The molecule has 1 atom stereocenters. The average molecular weight is 393 g/mol. The molecule has 0 aliphatic carbocycles. The number of aromatic nitrogens is 2. The fourth-order valence-corrected chi connectivity index (χ4v) is 5.07. The van der Waals surface area contributed by atoms with Crippen LogP contribution in [0.4, 0.5) is 0 Å². The van der Waals surface area contributed by atoms with Gasteiger partial charge in [-0.25, -0.2) is 4.98 Å². The average Bonchev–Trinajstić information content (AvgIpc) is 2.87. The van der Waals surface area contributed by atoms with Crippen LogP contribution >= 0.6 is 11.8 Å². The van der Waals surface area contributed by atoms with Gasteiger partial charge >= 0.3 is 0 Å². The van der Waals surface area contributed by atoms with Gasteiger partial charge in [-0.2, -0.15) is 5.26 Å². The maximum atomic E-state index is 13.0. The predicted octanol–water partition coefficient (Wildman–Crippen LogP) is 4.55. The Morgan fingerprint density at radius 1 is 1.21 bits per heavy atom. The fraction of sp³-hybridized carbons (Fsp3) is 0.409. The lowest BCUT2D eigenvalue weighted by Gasteiger charge is -2.24. The van der Waals surface area contributed by atoms with Crippen LogP contribution in [0, 0.1) is 18.3 Å². The summed E-state index contributed by atoms with van der Waals surface area (Å²) in [6.45, 7) is 5.64. The largest absolute Gasteiger partial charge is 0.342 e. The molecule has 5 nitrogen and oxygen atoms in total. The van der Waals surface area contributed by atoms with Crippen LogP contribution in [0.25, 0.3) is 16.7 Å². The van der Waals surface area contributed by atoms with E-state index in [-0.39, 0.29) is 11.2 Å². The van der Waals surface area contributed by atoms with Gasteiger partial charge in [-0.3, -0.25) is 9.20 Å². The van der Waals surface area contributed by atoms with E-state index in [9.17, 15) is 10.1 Å². The van der Waals surface area contributed by atoms with Crippen LogP contribution in [0.2, 0.25) is 0 Å². The van der Waals surface area contributed by atoms with Gasteiger partial charge in [0, 0.05) is 13.1 Å². The zero-order valence-electron chi connectivity index (χ0n) is 16.3. The lowest BCUT2D eigenvalue weighted by molar-refractivity contribution is -0.130. The van der Waals surface area contributed by atoms with E-state index in [4.69, 9.17) is 4.98 Å².